The highest BCUT2D eigenvalue weighted by molar-refractivity contribution is 5.88. The van der Waals surface area contributed by atoms with E-state index in [9.17, 15) is 9.59 Å². The van der Waals surface area contributed by atoms with E-state index >= 15 is 0 Å². The molecule has 1 aliphatic rings. The Morgan fingerprint density at radius 2 is 1.59 bits per heavy atom. The number of unbranched alkanes of at least 4 members (excludes halogenated alkanes) is 1. The predicted octanol–water partition coefficient (Wildman–Crippen LogP) is 7.11. The minimum absolute atomic E-state index is 0.0713. The second-order valence-electron chi connectivity index (χ2n) is 12.4. The smallest absolute Gasteiger partial charge is 0.314 e. The molecule has 234 valence electrons. The Balaban J connectivity index is 1.46. The molecule has 1 unspecified atom stereocenters. The largest absolute Gasteiger partial charge is 0.355 e. The maximum Gasteiger partial charge on any atom is 0.314 e. The average Bonchev–Trinajstić information content (AvgIpc) is 3.01. The third-order valence-corrected chi connectivity index (χ3v) is 8.60. The van der Waals surface area contributed by atoms with Crippen molar-refractivity contribution in [3.05, 3.63) is 100 Å². The van der Waals surface area contributed by atoms with Crippen LogP contribution >= 0.6 is 0 Å². The summed E-state index contributed by atoms with van der Waals surface area (Å²) < 4.78 is 0. The summed E-state index contributed by atoms with van der Waals surface area (Å²) in [6, 6.07) is 16.9. The van der Waals surface area contributed by atoms with Gasteiger partial charge in [-0.05, 0) is 120 Å². The number of nitrogens with zero attached hydrogens (tertiary/aromatic N) is 2. The summed E-state index contributed by atoms with van der Waals surface area (Å²) in [4.78, 5) is 32.0. The second kappa shape index (κ2) is 15.0. The molecule has 0 saturated carbocycles. The molecule has 3 N–H and O–H groups in total. The molecule has 0 aliphatic carbocycles. The molecule has 44 heavy (non-hydrogen) atoms. The summed E-state index contributed by atoms with van der Waals surface area (Å²) in [6.07, 6.45) is 9.56. The number of hydrogen-bond donors (Lipinski definition) is 3. The number of benzene rings is 2. The van der Waals surface area contributed by atoms with Gasteiger partial charge in [0, 0.05) is 55.9 Å². The number of aryl methyl sites for hydroxylation is 3. The van der Waals surface area contributed by atoms with Crippen molar-refractivity contribution in [1.29, 1.82) is 0 Å². The summed E-state index contributed by atoms with van der Waals surface area (Å²) in [6.45, 7) is 14.9. The van der Waals surface area contributed by atoms with Crippen molar-refractivity contribution in [2.75, 3.05) is 31.5 Å². The fraction of sp³-hybridized carbons (Fsp3) is 0.432. The van der Waals surface area contributed by atoms with Gasteiger partial charge in [0.15, 0.2) is 0 Å². The van der Waals surface area contributed by atoms with Gasteiger partial charge in [0.05, 0.1) is 5.41 Å². The van der Waals surface area contributed by atoms with Crippen LogP contribution in [0.25, 0.3) is 5.70 Å². The minimum Gasteiger partial charge on any atom is -0.355 e. The highest BCUT2D eigenvalue weighted by atomic mass is 16.2. The molecular formula is C37H49N5O2. The van der Waals surface area contributed by atoms with Crippen molar-refractivity contribution in [2.45, 2.75) is 78.6 Å². The van der Waals surface area contributed by atoms with Crippen LogP contribution in [0.15, 0.2) is 67.0 Å². The van der Waals surface area contributed by atoms with Crippen LogP contribution in [0.1, 0.15) is 86.3 Å². The number of anilines is 1. The Morgan fingerprint density at radius 3 is 2.27 bits per heavy atom. The molecule has 1 aliphatic heterocycles. The van der Waals surface area contributed by atoms with Crippen LogP contribution in [-0.2, 0) is 16.6 Å². The number of hydrogen-bond acceptors (Lipinski definition) is 4. The zero-order valence-corrected chi connectivity index (χ0v) is 27.3. The summed E-state index contributed by atoms with van der Waals surface area (Å²) in [5.41, 5.74) is 8.46. The highest BCUT2D eigenvalue weighted by Crippen LogP contribution is 2.40. The van der Waals surface area contributed by atoms with Crippen LogP contribution in [0, 0.1) is 13.8 Å². The molecule has 0 radical (unpaired) electrons. The van der Waals surface area contributed by atoms with Crippen molar-refractivity contribution in [3.8, 4) is 0 Å². The lowest BCUT2D eigenvalue weighted by Crippen LogP contribution is -2.43. The van der Waals surface area contributed by atoms with E-state index in [0.717, 1.165) is 53.8 Å². The predicted molar refractivity (Wildman–Crippen MR) is 181 cm³/mol. The lowest BCUT2D eigenvalue weighted by Gasteiger charge is -2.33. The normalized spacial score (nSPS) is 14.2. The molecule has 3 aromatic rings. The molecule has 2 heterocycles. The number of aromatic nitrogens is 1. The Bertz CT molecular complexity index is 1440. The number of allylic oxidation sites excluding steroid dienone is 1. The number of carbonyl (C=O) groups is 2. The van der Waals surface area contributed by atoms with E-state index in [1.807, 2.05) is 57.1 Å². The second-order valence-corrected chi connectivity index (χ2v) is 12.4. The van der Waals surface area contributed by atoms with Crippen LogP contribution in [0.2, 0.25) is 0 Å². The molecule has 0 saturated heterocycles. The lowest BCUT2D eigenvalue weighted by atomic mass is 9.79. The quantitative estimate of drug-likeness (QED) is 0.184. The number of likely N-dealkylation sites (N-methyl/N-ethyl adjacent to an activating group) is 1. The van der Waals surface area contributed by atoms with E-state index in [0.29, 0.717) is 26.2 Å². The average molecular weight is 596 g/mol. The first-order valence-electron chi connectivity index (χ1n) is 16.0. The van der Waals surface area contributed by atoms with Gasteiger partial charge in [-0.1, -0.05) is 35.4 Å². The first kappa shape index (κ1) is 32.8. The molecular weight excluding hydrogens is 546 g/mol. The Kier molecular flexibility index (Phi) is 11.2. The molecule has 4 rings (SSSR count). The number of nitrogens with one attached hydrogen (secondary N) is 3. The monoisotopic (exact) mass is 595 g/mol. The van der Waals surface area contributed by atoms with Crippen molar-refractivity contribution >= 4 is 23.3 Å². The molecule has 3 amide bonds. The number of rotatable bonds is 13. The maximum absolute atomic E-state index is 13.5. The number of pyridine rings is 1. The van der Waals surface area contributed by atoms with Gasteiger partial charge in [0.25, 0.3) is 0 Å². The van der Waals surface area contributed by atoms with Gasteiger partial charge in [-0.25, -0.2) is 4.79 Å². The first-order chi connectivity index (χ1) is 21.1. The Morgan fingerprint density at radius 1 is 0.909 bits per heavy atom. The van der Waals surface area contributed by atoms with Gasteiger partial charge in [0.1, 0.15) is 0 Å². The van der Waals surface area contributed by atoms with Gasteiger partial charge in [0.2, 0.25) is 5.91 Å². The third kappa shape index (κ3) is 8.28. The SMILES string of the molecule is CCN(CC)C(=O)C(C)(C)c1ccc2c(c1)C(CCNC(=O)NCCCCc1ccncc1)C=C(c1cc(C)cc(C)c1)N2. The molecule has 7 heteroatoms. The van der Waals surface area contributed by atoms with E-state index in [2.05, 4.69) is 77.3 Å². The van der Waals surface area contributed by atoms with E-state index in [1.165, 1.54) is 16.7 Å². The van der Waals surface area contributed by atoms with Crippen LogP contribution in [0.4, 0.5) is 10.5 Å². The summed E-state index contributed by atoms with van der Waals surface area (Å²) in [5.74, 6) is 0.204. The van der Waals surface area contributed by atoms with Gasteiger partial charge in [-0.15, -0.1) is 0 Å². The highest BCUT2D eigenvalue weighted by Gasteiger charge is 2.34. The zero-order valence-electron chi connectivity index (χ0n) is 27.3. The zero-order chi connectivity index (χ0) is 31.7. The van der Waals surface area contributed by atoms with Crippen molar-refractivity contribution in [2.24, 2.45) is 0 Å². The van der Waals surface area contributed by atoms with Crippen LogP contribution in [-0.4, -0.2) is 48.0 Å². The fourth-order valence-corrected chi connectivity index (χ4v) is 6.03. The summed E-state index contributed by atoms with van der Waals surface area (Å²) >= 11 is 0. The van der Waals surface area contributed by atoms with Gasteiger partial charge >= 0.3 is 6.03 Å². The molecule has 1 atom stereocenters. The minimum atomic E-state index is -0.654. The Labute approximate surface area is 263 Å². The van der Waals surface area contributed by atoms with Crippen molar-refractivity contribution < 1.29 is 9.59 Å². The lowest BCUT2D eigenvalue weighted by molar-refractivity contribution is -0.135. The first-order valence-corrected chi connectivity index (χ1v) is 16.0. The van der Waals surface area contributed by atoms with Gasteiger partial charge in [-0.2, -0.15) is 0 Å². The van der Waals surface area contributed by atoms with E-state index in [1.54, 1.807) is 0 Å². The number of amides is 3. The molecule has 7 nitrogen and oxygen atoms in total. The molecule has 2 aromatic carbocycles. The maximum atomic E-state index is 13.5. The summed E-state index contributed by atoms with van der Waals surface area (Å²) in [7, 11) is 0. The number of fused-ring (bicyclic) bond motifs is 1. The van der Waals surface area contributed by atoms with Crippen LogP contribution < -0.4 is 16.0 Å². The van der Waals surface area contributed by atoms with Crippen LogP contribution in [0.5, 0.6) is 0 Å². The van der Waals surface area contributed by atoms with Gasteiger partial charge < -0.3 is 20.9 Å². The van der Waals surface area contributed by atoms with Crippen molar-refractivity contribution in [1.82, 2.24) is 20.5 Å². The topological polar surface area (TPSA) is 86.4 Å². The number of urea groups is 1. The van der Waals surface area contributed by atoms with E-state index in [-0.39, 0.29) is 17.9 Å². The van der Waals surface area contributed by atoms with E-state index < -0.39 is 5.41 Å². The Hall–Kier alpha value is -4.13. The summed E-state index contributed by atoms with van der Waals surface area (Å²) in [5, 5.41) is 9.73. The number of carbonyl (C=O) groups excluding carboxylic acids is 2. The molecule has 0 fully saturated rings. The third-order valence-electron chi connectivity index (χ3n) is 8.60. The fourth-order valence-electron chi connectivity index (χ4n) is 6.03. The molecule has 0 spiro atoms. The molecule has 1 aromatic heterocycles. The molecule has 0 bridgehead atoms. The van der Waals surface area contributed by atoms with E-state index in [4.69, 9.17) is 0 Å². The van der Waals surface area contributed by atoms with Crippen LogP contribution in [0.3, 0.4) is 0 Å². The van der Waals surface area contributed by atoms with Gasteiger partial charge in [-0.3, -0.25) is 9.78 Å². The van der Waals surface area contributed by atoms with Crippen molar-refractivity contribution in [3.63, 3.8) is 0 Å². The standard InChI is InChI=1S/C37H49N5O2/c1-7-42(8-2)35(43)37(5,6)31-12-13-33-32(25-31)29(24-34(41-33)30-22-26(3)21-27(4)23-30)16-20-40-36(44)39-17-10-9-11-28-14-18-38-19-15-28/h12-15,18-19,21-25,29,41H,7-11,16-17,20H2,1-6H3,(H2,39,40,44).